The molecule has 0 aliphatic rings. The van der Waals surface area contributed by atoms with E-state index in [0.717, 1.165) is 28.8 Å². The molecule has 0 bridgehead atoms. The molecule has 0 atom stereocenters. The minimum absolute atomic E-state index is 0.0193. The number of nitrogens with one attached hydrogen (secondary N) is 1. The predicted molar refractivity (Wildman–Crippen MR) is 155 cm³/mol. The Morgan fingerprint density at radius 1 is 0.789 bits per heavy atom. The van der Waals surface area contributed by atoms with Gasteiger partial charge in [0.15, 0.2) is 0 Å². The van der Waals surface area contributed by atoms with Gasteiger partial charge in [0, 0.05) is 62.4 Å². The largest absolute Gasteiger partial charge is 0.378 e. The van der Waals surface area contributed by atoms with E-state index in [4.69, 9.17) is 0 Å². The molecular formula is C32H38N4O2. The van der Waals surface area contributed by atoms with Crippen molar-refractivity contribution in [3.05, 3.63) is 102 Å². The van der Waals surface area contributed by atoms with Gasteiger partial charge in [-0.3, -0.25) is 9.59 Å². The molecule has 38 heavy (non-hydrogen) atoms. The Balaban J connectivity index is 1.55. The third-order valence-electron chi connectivity index (χ3n) is 6.85. The van der Waals surface area contributed by atoms with Crippen LogP contribution in [-0.2, 0) is 29.1 Å². The quantitative estimate of drug-likeness (QED) is 0.290. The summed E-state index contributed by atoms with van der Waals surface area (Å²) < 4.78 is 0. The maximum Gasteiger partial charge on any atom is 0.242 e. The molecule has 0 radical (unpaired) electrons. The van der Waals surface area contributed by atoms with E-state index in [9.17, 15) is 9.59 Å². The van der Waals surface area contributed by atoms with Crippen LogP contribution in [-0.4, -0.2) is 53.8 Å². The molecule has 4 aromatic rings. The second-order valence-electron chi connectivity index (χ2n) is 10.3. The Hall–Kier alpha value is -4.06. The van der Waals surface area contributed by atoms with Gasteiger partial charge in [0.1, 0.15) is 6.54 Å². The molecule has 1 N–H and O–H groups in total. The molecule has 1 heterocycles. The minimum atomic E-state index is -0.190. The molecule has 1 aromatic heterocycles. The van der Waals surface area contributed by atoms with Crippen LogP contribution in [0.15, 0.2) is 85.1 Å². The van der Waals surface area contributed by atoms with Crippen molar-refractivity contribution in [3.8, 4) is 0 Å². The lowest BCUT2D eigenvalue weighted by molar-refractivity contribution is -0.143. The molecule has 6 nitrogen and oxygen atoms in total. The van der Waals surface area contributed by atoms with Crippen molar-refractivity contribution < 1.29 is 9.59 Å². The van der Waals surface area contributed by atoms with Gasteiger partial charge in [-0.2, -0.15) is 0 Å². The van der Waals surface area contributed by atoms with Crippen molar-refractivity contribution in [2.45, 2.75) is 33.4 Å². The summed E-state index contributed by atoms with van der Waals surface area (Å²) in [5.74, 6) is -0.259. The second kappa shape index (κ2) is 12.5. The van der Waals surface area contributed by atoms with Gasteiger partial charge >= 0.3 is 0 Å². The van der Waals surface area contributed by atoms with E-state index in [2.05, 4.69) is 46.3 Å². The fourth-order valence-electron chi connectivity index (χ4n) is 4.65. The van der Waals surface area contributed by atoms with E-state index in [1.165, 1.54) is 10.9 Å². The van der Waals surface area contributed by atoms with Crippen LogP contribution in [0.3, 0.4) is 0 Å². The highest BCUT2D eigenvalue weighted by molar-refractivity contribution is 5.86. The zero-order chi connectivity index (χ0) is 27.1. The van der Waals surface area contributed by atoms with Gasteiger partial charge in [-0.15, -0.1) is 0 Å². The Bertz CT molecular complexity index is 1340. The number of para-hydroxylation sites is 1. The Kier molecular flexibility index (Phi) is 8.85. The lowest BCUT2D eigenvalue weighted by Crippen LogP contribution is -2.44. The number of amides is 2. The third kappa shape index (κ3) is 6.82. The second-order valence-corrected chi connectivity index (χ2v) is 10.3. The van der Waals surface area contributed by atoms with Crippen LogP contribution in [0.5, 0.6) is 0 Å². The monoisotopic (exact) mass is 510 g/mol. The van der Waals surface area contributed by atoms with Crippen LogP contribution in [0.2, 0.25) is 0 Å². The van der Waals surface area contributed by atoms with E-state index in [1.807, 2.05) is 81.5 Å². The average Bonchev–Trinajstić information content (AvgIpc) is 3.34. The summed E-state index contributed by atoms with van der Waals surface area (Å²) in [7, 11) is 4.03. The summed E-state index contributed by atoms with van der Waals surface area (Å²) in [4.78, 5) is 35.9. The molecule has 0 unspecified atom stereocenters. The Morgan fingerprint density at radius 3 is 2.11 bits per heavy atom. The molecule has 0 spiro atoms. The van der Waals surface area contributed by atoms with Crippen molar-refractivity contribution in [1.29, 1.82) is 0 Å². The number of carbonyl (C=O) groups excluding carboxylic acids is 2. The number of carbonyl (C=O) groups is 2. The number of aromatic amines is 1. The van der Waals surface area contributed by atoms with Gasteiger partial charge in [-0.25, -0.2) is 0 Å². The number of nitrogens with zero attached hydrogens (tertiary/aromatic N) is 3. The molecule has 198 valence electrons. The first-order chi connectivity index (χ1) is 18.3. The number of hydrogen-bond acceptors (Lipinski definition) is 3. The maximum atomic E-state index is 13.8. The summed E-state index contributed by atoms with van der Waals surface area (Å²) in [5, 5.41) is 1.18. The van der Waals surface area contributed by atoms with Crippen LogP contribution >= 0.6 is 0 Å². The van der Waals surface area contributed by atoms with E-state index in [1.54, 1.807) is 4.90 Å². The lowest BCUT2D eigenvalue weighted by Gasteiger charge is -2.29. The van der Waals surface area contributed by atoms with Gasteiger partial charge in [0.25, 0.3) is 0 Å². The van der Waals surface area contributed by atoms with E-state index >= 15 is 0 Å². The average molecular weight is 511 g/mol. The highest BCUT2D eigenvalue weighted by Crippen LogP contribution is 2.20. The number of aromatic nitrogens is 1. The summed E-state index contributed by atoms with van der Waals surface area (Å²) >= 11 is 0. The number of H-pyrrole nitrogens is 1. The normalized spacial score (nSPS) is 11.1. The Morgan fingerprint density at radius 2 is 1.42 bits per heavy atom. The fraction of sp³-hybridized carbons (Fsp3) is 0.312. The summed E-state index contributed by atoms with van der Waals surface area (Å²) in [6.45, 7) is 5.28. The number of benzene rings is 3. The molecule has 0 aliphatic carbocycles. The van der Waals surface area contributed by atoms with Gasteiger partial charge in [-0.05, 0) is 41.3 Å². The molecule has 4 rings (SSSR count). The van der Waals surface area contributed by atoms with Crippen molar-refractivity contribution in [2.24, 2.45) is 5.92 Å². The van der Waals surface area contributed by atoms with E-state index in [-0.39, 0.29) is 24.3 Å². The van der Waals surface area contributed by atoms with Crippen molar-refractivity contribution in [2.75, 3.05) is 32.1 Å². The highest BCUT2D eigenvalue weighted by Gasteiger charge is 2.24. The van der Waals surface area contributed by atoms with Crippen molar-refractivity contribution >= 4 is 28.4 Å². The first-order valence-corrected chi connectivity index (χ1v) is 13.2. The molecule has 6 heteroatoms. The highest BCUT2D eigenvalue weighted by atomic mass is 16.2. The van der Waals surface area contributed by atoms with Gasteiger partial charge in [-0.1, -0.05) is 74.5 Å². The van der Waals surface area contributed by atoms with Crippen LogP contribution in [0, 0.1) is 5.92 Å². The lowest BCUT2D eigenvalue weighted by atomic mass is 10.1. The number of anilines is 1. The summed E-state index contributed by atoms with van der Waals surface area (Å²) in [6.07, 6.45) is 2.76. The van der Waals surface area contributed by atoms with E-state index < -0.39 is 0 Å². The summed E-state index contributed by atoms with van der Waals surface area (Å²) in [6, 6.07) is 26.4. The molecule has 3 aromatic carbocycles. The molecular weight excluding hydrogens is 472 g/mol. The zero-order valence-corrected chi connectivity index (χ0v) is 22.9. The first kappa shape index (κ1) is 27.0. The molecule has 2 amide bonds. The summed E-state index contributed by atoms with van der Waals surface area (Å²) in [5.41, 5.74) is 5.46. The number of fused-ring (bicyclic) bond motifs is 1. The van der Waals surface area contributed by atoms with Crippen molar-refractivity contribution in [1.82, 2.24) is 14.8 Å². The zero-order valence-electron chi connectivity index (χ0n) is 22.9. The van der Waals surface area contributed by atoms with Crippen molar-refractivity contribution in [3.63, 3.8) is 0 Å². The smallest absolute Gasteiger partial charge is 0.242 e. The Labute approximate surface area is 225 Å². The molecule has 0 fully saturated rings. The standard InChI is InChI=1S/C32H38N4O2/c1-24(2)32(38)36(22-25-10-6-5-7-11-25)23-31(37)35(21-26-14-16-28(17-15-26)34(3)4)19-18-27-20-33-30-13-9-8-12-29(27)30/h5-17,20,24,33H,18-19,21-23H2,1-4H3. The van der Waals surface area contributed by atoms with Crippen LogP contribution < -0.4 is 4.90 Å². The van der Waals surface area contributed by atoms with Crippen LogP contribution in [0.1, 0.15) is 30.5 Å². The van der Waals surface area contributed by atoms with E-state index in [0.29, 0.717) is 19.6 Å². The number of rotatable bonds is 11. The molecule has 0 saturated heterocycles. The van der Waals surface area contributed by atoms with Crippen LogP contribution in [0.25, 0.3) is 10.9 Å². The topological polar surface area (TPSA) is 59.7 Å². The van der Waals surface area contributed by atoms with Gasteiger partial charge in [0.2, 0.25) is 11.8 Å². The van der Waals surface area contributed by atoms with Gasteiger partial charge < -0.3 is 19.7 Å². The molecule has 0 saturated carbocycles. The maximum absolute atomic E-state index is 13.8. The first-order valence-electron chi connectivity index (χ1n) is 13.2. The van der Waals surface area contributed by atoms with Crippen LogP contribution in [0.4, 0.5) is 5.69 Å². The molecule has 0 aliphatic heterocycles. The number of hydrogen-bond donors (Lipinski definition) is 1. The SMILES string of the molecule is CC(C)C(=O)N(CC(=O)N(CCc1c[nH]c2ccccc12)Cc1ccc(N(C)C)cc1)Cc1ccccc1. The predicted octanol–water partition coefficient (Wildman–Crippen LogP) is 5.49. The van der Waals surface area contributed by atoms with Gasteiger partial charge in [0.05, 0.1) is 0 Å². The third-order valence-corrected chi connectivity index (χ3v) is 6.85. The minimum Gasteiger partial charge on any atom is -0.378 e. The fourth-order valence-corrected chi connectivity index (χ4v) is 4.65.